The molecule has 1 heteroatoms. The number of hydrogen-bond donors (Lipinski definition) is 1. The van der Waals surface area contributed by atoms with Crippen molar-refractivity contribution < 1.29 is 5.11 Å². The maximum atomic E-state index is 9.00. The Balaban J connectivity index is 1.94. The Bertz CT molecular complexity index is 133. The summed E-state index contributed by atoms with van der Waals surface area (Å²) < 4.78 is 0. The lowest BCUT2D eigenvalue weighted by Gasteiger charge is -2.26. The van der Waals surface area contributed by atoms with Gasteiger partial charge in [-0.3, -0.25) is 0 Å². The molecule has 0 aromatic heterocycles. The Morgan fingerprint density at radius 2 is 1.90 bits per heavy atom. The molecule has 2 saturated carbocycles. The molecule has 0 radical (unpaired) electrons. The predicted molar refractivity (Wildman–Crippen MR) is 40.6 cm³/mol. The maximum absolute atomic E-state index is 9.00. The van der Waals surface area contributed by atoms with Crippen molar-refractivity contribution in [1.29, 1.82) is 0 Å². The van der Waals surface area contributed by atoms with E-state index in [4.69, 9.17) is 5.11 Å². The van der Waals surface area contributed by atoms with Crippen molar-refractivity contribution in [2.75, 3.05) is 6.61 Å². The zero-order chi connectivity index (χ0) is 7.14. The van der Waals surface area contributed by atoms with Crippen LogP contribution in [0.2, 0.25) is 0 Å². The highest BCUT2D eigenvalue weighted by atomic mass is 16.3. The van der Waals surface area contributed by atoms with Gasteiger partial charge in [0.1, 0.15) is 0 Å². The van der Waals surface area contributed by atoms with Crippen LogP contribution >= 0.6 is 0 Å². The van der Waals surface area contributed by atoms with Crippen molar-refractivity contribution in [2.24, 2.45) is 23.7 Å². The third kappa shape index (κ3) is 0.968. The molecule has 1 N–H and O–H groups in total. The first kappa shape index (κ1) is 6.66. The van der Waals surface area contributed by atoms with Gasteiger partial charge in [-0.05, 0) is 42.9 Å². The van der Waals surface area contributed by atoms with Gasteiger partial charge in [0.2, 0.25) is 0 Å². The summed E-state index contributed by atoms with van der Waals surface area (Å²) in [6.45, 7) is 2.71. The molecule has 0 saturated heterocycles. The fourth-order valence-corrected chi connectivity index (χ4v) is 2.43. The van der Waals surface area contributed by atoms with E-state index in [1.165, 1.54) is 19.3 Å². The second kappa shape index (κ2) is 2.23. The molecule has 2 aliphatic rings. The number of hydrogen-bond acceptors (Lipinski definition) is 1. The Morgan fingerprint density at radius 1 is 1.20 bits per heavy atom. The van der Waals surface area contributed by atoms with E-state index in [-0.39, 0.29) is 0 Å². The van der Waals surface area contributed by atoms with Crippen LogP contribution in [0.1, 0.15) is 26.2 Å². The van der Waals surface area contributed by atoms with Crippen molar-refractivity contribution in [1.82, 2.24) is 0 Å². The smallest absolute Gasteiger partial charge is 0.0461 e. The van der Waals surface area contributed by atoms with E-state index in [2.05, 4.69) is 6.92 Å². The molecule has 2 aliphatic carbocycles. The summed E-state index contributed by atoms with van der Waals surface area (Å²) in [5.74, 6) is 3.48. The summed E-state index contributed by atoms with van der Waals surface area (Å²) in [6.07, 6.45) is 4.15. The summed E-state index contributed by atoms with van der Waals surface area (Å²) in [4.78, 5) is 0. The number of rotatable bonds is 1. The Hall–Kier alpha value is -0.0400. The van der Waals surface area contributed by atoms with Crippen molar-refractivity contribution in [3.05, 3.63) is 0 Å². The van der Waals surface area contributed by atoms with Crippen molar-refractivity contribution in [3.8, 4) is 0 Å². The predicted octanol–water partition coefficient (Wildman–Crippen LogP) is 1.66. The standard InChI is InChI=1S/C9H16O/c1-6-2-7-3-8(7)4-9(6)5-10/h6-10H,2-5H2,1H3. The highest BCUT2D eigenvalue weighted by Gasteiger charge is 2.44. The minimum absolute atomic E-state index is 0.421. The molecule has 0 bridgehead atoms. The number of aliphatic hydroxyl groups excluding tert-OH is 1. The lowest BCUT2D eigenvalue weighted by molar-refractivity contribution is 0.139. The first-order valence-corrected chi connectivity index (χ1v) is 4.42. The fourth-order valence-electron chi connectivity index (χ4n) is 2.43. The monoisotopic (exact) mass is 140 g/mol. The van der Waals surface area contributed by atoms with Gasteiger partial charge in [-0.2, -0.15) is 0 Å². The van der Waals surface area contributed by atoms with Crippen LogP contribution in [-0.2, 0) is 0 Å². The number of fused-ring (bicyclic) bond motifs is 1. The molecule has 0 spiro atoms. The molecule has 0 aromatic carbocycles. The summed E-state index contributed by atoms with van der Waals surface area (Å²) >= 11 is 0. The number of aliphatic hydroxyl groups is 1. The Kier molecular flexibility index (Phi) is 1.48. The highest BCUT2D eigenvalue weighted by molar-refractivity contribution is 4.94. The first-order valence-electron chi connectivity index (χ1n) is 4.42. The second-order valence-corrected chi connectivity index (χ2v) is 4.15. The van der Waals surface area contributed by atoms with Crippen LogP contribution in [0.15, 0.2) is 0 Å². The van der Waals surface area contributed by atoms with E-state index in [1.807, 2.05) is 0 Å². The lowest BCUT2D eigenvalue weighted by atomic mass is 9.81. The van der Waals surface area contributed by atoms with E-state index < -0.39 is 0 Å². The summed E-state index contributed by atoms with van der Waals surface area (Å²) in [5.41, 5.74) is 0. The minimum Gasteiger partial charge on any atom is -0.396 e. The molecular formula is C9H16O. The van der Waals surface area contributed by atoms with Gasteiger partial charge in [0, 0.05) is 6.61 Å². The van der Waals surface area contributed by atoms with Gasteiger partial charge in [0.15, 0.2) is 0 Å². The molecule has 2 rings (SSSR count). The third-order valence-corrected chi connectivity index (χ3v) is 3.39. The van der Waals surface area contributed by atoms with E-state index in [0.717, 1.165) is 17.8 Å². The van der Waals surface area contributed by atoms with E-state index in [0.29, 0.717) is 12.5 Å². The maximum Gasteiger partial charge on any atom is 0.0461 e. The zero-order valence-corrected chi connectivity index (χ0v) is 6.59. The van der Waals surface area contributed by atoms with Crippen LogP contribution in [0.5, 0.6) is 0 Å². The van der Waals surface area contributed by atoms with Gasteiger partial charge >= 0.3 is 0 Å². The van der Waals surface area contributed by atoms with Gasteiger partial charge in [-0.15, -0.1) is 0 Å². The van der Waals surface area contributed by atoms with Crippen LogP contribution < -0.4 is 0 Å². The normalized spacial score (nSPS) is 52.2. The van der Waals surface area contributed by atoms with Gasteiger partial charge in [-0.1, -0.05) is 6.92 Å². The van der Waals surface area contributed by atoms with Crippen molar-refractivity contribution in [3.63, 3.8) is 0 Å². The summed E-state index contributed by atoms with van der Waals surface area (Å²) in [5, 5.41) is 9.00. The molecular weight excluding hydrogens is 124 g/mol. The first-order chi connectivity index (χ1) is 4.81. The third-order valence-electron chi connectivity index (χ3n) is 3.39. The lowest BCUT2D eigenvalue weighted by Crippen LogP contribution is -2.21. The summed E-state index contributed by atoms with van der Waals surface area (Å²) in [7, 11) is 0. The van der Waals surface area contributed by atoms with E-state index in [9.17, 15) is 0 Å². The van der Waals surface area contributed by atoms with Crippen LogP contribution in [0.25, 0.3) is 0 Å². The highest BCUT2D eigenvalue weighted by Crippen LogP contribution is 2.53. The minimum atomic E-state index is 0.421. The molecule has 10 heavy (non-hydrogen) atoms. The van der Waals surface area contributed by atoms with Crippen LogP contribution in [0.4, 0.5) is 0 Å². The summed E-state index contributed by atoms with van der Waals surface area (Å²) in [6, 6.07) is 0. The topological polar surface area (TPSA) is 20.2 Å². The second-order valence-electron chi connectivity index (χ2n) is 4.15. The van der Waals surface area contributed by atoms with Crippen molar-refractivity contribution >= 4 is 0 Å². The average Bonchev–Trinajstić information content (AvgIpc) is 2.64. The van der Waals surface area contributed by atoms with Gasteiger partial charge < -0.3 is 5.11 Å². The van der Waals surface area contributed by atoms with Crippen LogP contribution in [0.3, 0.4) is 0 Å². The SMILES string of the molecule is CC1CC2CC2CC1CO. The van der Waals surface area contributed by atoms with Gasteiger partial charge in [0.25, 0.3) is 0 Å². The van der Waals surface area contributed by atoms with Crippen LogP contribution in [-0.4, -0.2) is 11.7 Å². The molecule has 0 aromatic rings. The van der Waals surface area contributed by atoms with Gasteiger partial charge in [0.05, 0.1) is 0 Å². The zero-order valence-electron chi connectivity index (χ0n) is 6.59. The van der Waals surface area contributed by atoms with Gasteiger partial charge in [-0.25, -0.2) is 0 Å². The van der Waals surface area contributed by atoms with Crippen LogP contribution in [0, 0.1) is 23.7 Å². The Labute approximate surface area is 62.4 Å². The molecule has 0 amide bonds. The molecule has 4 atom stereocenters. The molecule has 58 valence electrons. The molecule has 0 aliphatic heterocycles. The molecule has 2 fully saturated rings. The largest absolute Gasteiger partial charge is 0.396 e. The average molecular weight is 140 g/mol. The van der Waals surface area contributed by atoms with E-state index >= 15 is 0 Å². The van der Waals surface area contributed by atoms with Crippen molar-refractivity contribution in [2.45, 2.75) is 26.2 Å². The van der Waals surface area contributed by atoms with E-state index in [1.54, 1.807) is 0 Å². The molecule has 0 heterocycles. The molecule has 4 unspecified atom stereocenters. The molecule has 1 nitrogen and oxygen atoms in total. The fraction of sp³-hybridized carbons (Fsp3) is 1.00. The quantitative estimate of drug-likeness (QED) is 0.587. The Morgan fingerprint density at radius 3 is 2.60 bits per heavy atom.